The fourth-order valence-corrected chi connectivity index (χ4v) is 4.28. The first kappa shape index (κ1) is 27.3. The van der Waals surface area contributed by atoms with Gasteiger partial charge in [0.05, 0.1) is 26.9 Å². The molecule has 6 nitrogen and oxygen atoms in total. The number of hydrogen-bond acceptors (Lipinski definition) is 5. The number of nitrogens with zero attached hydrogens (tertiary/aromatic N) is 2. The summed E-state index contributed by atoms with van der Waals surface area (Å²) in [5, 5.41) is 3.46. The van der Waals surface area contributed by atoms with Gasteiger partial charge in [0.2, 0.25) is 0 Å². The third-order valence-corrected chi connectivity index (χ3v) is 6.23. The molecule has 1 aromatic carbocycles. The minimum atomic E-state index is 0. The van der Waals surface area contributed by atoms with Crippen molar-refractivity contribution in [2.45, 2.75) is 25.2 Å². The molecule has 0 aliphatic carbocycles. The van der Waals surface area contributed by atoms with Crippen LogP contribution in [0.3, 0.4) is 0 Å². The number of ether oxygens (including phenoxy) is 3. The zero-order chi connectivity index (χ0) is 20.9. The smallest absolute Gasteiger partial charge is 0.193 e. The van der Waals surface area contributed by atoms with Crippen LogP contribution in [-0.4, -0.2) is 76.8 Å². The highest BCUT2D eigenvalue weighted by Crippen LogP contribution is 2.30. The van der Waals surface area contributed by atoms with Gasteiger partial charge in [0.25, 0.3) is 0 Å². The predicted molar refractivity (Wildman–Crippen MR) is 137 cm³/mol. The lowest BCUT2D eigenvalue weighted by atomic mass is 10.1. The van der Waals surface area contributed by atoms with Gasteiger partial charge in [-0.15, -0.1) is 35.7 Å². The van der Waals surface area contributed by atoms with Crippen molar-refractivity contribution >= 4 is 41.7 Å². The average molecular weight is 552 g/mol. The summed E-state index contributed by atoms with van der Waals surface area (Å²) < 4.78 is 16.2. The van der Waals surface area contributed by atoms with Crippen LogP contribution in [0.25, 0.3) is 0 Å². The van der Waals surface area contributed by atoms with Crippen LogP contribution in [0.4, 0.5) is 0 Å². The van der Waals surface area contributed by atoms with Crippen molar-refractivity contribution in [2.24, 2.45) is 16.8 Å². The zero-order valence-electron chi connectivity index (χ0n) is 18.8. The number of halogens is 1. The van der Waals surface area contributed by atoms with E-state index in [0.717, 1.165) is 56.7 Å². The van der Waals surface area contributed by atoms with Crippen molar-refractivity contribution in [2.75, 3.05) is 66.0 Å². The maximum Gasteiger partial charge on any atom is 0.193 e. The van der Waals surface area contributed by atoms with Crippen molar-refractivity contribution < 1.29 is 14.2 Å². The van der Waals surface area contributed by atoms with Crippen molar-refractivity contribution in [1.29, 1.82) is 0 Å². The molecule has 30 heavy (non-hydrogen) atoms. The molecular weight excluding hydrogens is 513 g/mol. The van der Waals surface area contributed by atoms with Crippen LogP contribution in [0.5, 0.6) is 5.75 Å². The van der Waals surface area contributed by atoms with Crippen LogP contribution >= 0.6 is 35.7 Å². The van der Waals surface area contributed by atoms with Crippen LogP contribution < -0.4 is 10.1 Å². The summed E-state index contributed by atoms with van der Waals surface area (Å²) in [6.07, 6.45) is 1.15. The highest BCUT2D eigenvalue weighted by atomic mass is 127. The number of nitrogens with one attached hydrogen (secondary N) is 1. The molecule has 0 spiro atoms. The summed E-state index contributed by atoms with van der Waals surface area (Å²) in [4.78, 5) is 8.48. The molecule has 2 atom stereocenters. The van der Waals surface area contributed by atoms with Gasteiger partial charge in [-0.3, -0.25) is 4.99 Å². The first-order chi connectivity index (χ1) is 14.2. The van der Waals surface area contributed by atoms with E-state index in [1.165, 1.54) is 4.90 Å². The molecule has 0 aromatic heterocycles. The largest absolute Gasteiger partial charge is 0.496 e. The fraction of sp³-hybridized carbons (Fsp3) is 0.682. The predicted octanol–water partition coefficient (Wildman–Crippen LogP) is 3.99. The van der Waals surface area contributed by atoms with E-state index in [2.05, 4.69) is 36.2 Å². The Balaban J connectivity index is 0.00000450. The van der Waals surface area contributed by atoms with Gasteiger partial charge in [-0.1, -0.05) is 19.1 Å². The molecule has 1 aliphatic heterocycles. The Hall–Kier alpha value is -0.710. The number of methoxy groups -OCH3 is 2. The van der Waals surface area contributed by atoms with Gasteiger partial charge < -0.3 is 24.4 Å². The molecule has 0 radical (unpaired) electrons. The van der Waals surface area contributed by atoms with Crippen molar-refractivity contribution in [3.63, 3.8) is 0 Å². The summed E-state index contributed by atoms with van der Waals surface area (Å²) in [6.45, 7) is 10.2. The fourth-order valence-electron chi connectivity index (χ4n) is 3.24. The van der Waals surface area contributed by atoms with Gasteiger partial charge in [-0.25, -0.2) is 0 Å². The van der Waals surface area contributed by atoms with Crippen LogP contribution in [0.2, 0.25) is 0 Å². The lowest BCUT2D eigenvalue weighted by Gasteiger charge is -2.22. The summed E-state index contributed by atoms with van der Waals surface area (Å²) in [7, 11) is 3.43. The summed E-state index contributed by atoms with van der Waals surface area (Å²) in [5.74, 6) is 4.03. The highest BCUT2D eigenvalue weighted by molar-refractivity contribution is 14.0. The van der Waals surface area contributed by atoms with E-state index < -0.39 is 0 Å². The molecule has 0 saturated carbocycles. The quantitative estimate of drug-likeness (QED) is 0.140. The number of hydrogen-bond donors (Lipinski definition) is 1. The molecule has 1 aromatic rings. The van der Waals surface area contributed by atoms with Crippen LogP contribution in [0.1, 0.15) is 20.3 Å². The topological polar surface area (TPSA) is 55.3 Å². The monoisotopic (exact) mass is 551 g/mol. The number of likely N-dealkylation sites (tertiary alicyclic amines) is 1. The van der Waals surface area contributed by atoms with Crippen molar-refractivity contribution in [1.82, 2.24) is 10.2 Å². The normalized spacial score (nSPS) is 17.5. The van der Waals surface area contributed by atoms with Gasteiger partial charge in [0.15, 0.2) is 5.96 Å². The van der Waals surface area contributed by atoms with Gasteiger partial charge in [0, 0.05) is 49.9 Å². The number of rotatable bonds is 12. The van der Waals surface area contributed by atoms with E-state index in [0.29, 0.717) is 25.0 Å². The van der Waals surface area contributed by atoms with Gasteiger partial charge in [0.1, 0.15) is 5.75 Å². The Labute approximate surface area is 203 Å². The molecule has 1 heterocycles. The van der Waals surface area contributed by atoms with Gasteiger partial charge >= 0.3 is 0 Å². The van der Waals surface area contributed by atoms with E-state index in [1.807, 2.05) is 23.9 Å². The Morgan fingerprint density at radius 2 is 2.10 bits per heavy atom. The van der Waals surface area contributed by atoms with Gasteiger partial charge in [-0.2, -0.15) is 0 Å². The summed E-state index contributed by atoms with van der Waals surface area (Å²) in [6, 6.07) is 8.19. The molecule has 1 aliphatic rings. The first-order valence-corrected chi connectivity index (χ1v) is 11.5. The molecule has 0 bridgehead atoms. The average Bonchev–Trinajstić information content (AvgIpc) is 3.21. The number of guanidine groups is 1. The first-order valence-electron chi connectivity index (χ1n) is 10.5. The van der Waals surface area contributed by atoms with Crippen LogP contribution in [0, 0.1) is 11.8 Å². The van der Waals surface area contributed by atoms with E-state index in [9.17, 15) is 0 Å². The minimum Gasteiger partial charge on any atom is -0.496 e. The molecule has 1 N–H and O–H groups in total. The Kier molecular flexibility index (Phi) is 14.6. The molecule has 2 rings (SSSR count). The lowest BCUT2D eigenvalue weighted by molar-refractivity contribution is 0.0536. The highest BCUT2D eigenvalue weighted by Gasteiger charge is 2.25. The zero-order valence-corrected chi connectivity index (χ0v) is 21.9. The van der Waals surface area contributed by atoms with E-state index in [1.54, 1.807) is 14.2 Å². The maximum atomic E-state index is 5.71. The molecule has 1 fully saturated rings. The molecular formula is C22H38IN3O3S. The molecule has 172 valence electrons. The standard InChI is InChI=1S/C22H37N3O3S.HI/c1-5-23-22(25-11-10-19(15-25)16-28-13-12-26-3)24-14-18(2)17-29-21-9-7-6-8-20(21)27-4;/h6-9,18-19H,5,10-17H2,1-4H3,(H,23,24);1H. The molecule has 8 heteroatoms. The minimum absolute atomic E-state index is 0. The number of para-hydroxylation sites is 1. The third-order valence-electron chi connectivity index (χ3n) is 4.85. The second-order valence-corrected chi connectivity index (χ2v) is 8.49. The van der Waals surface area contributed by atoms with Crippen LogP contribution in [-0.2, 0) is 9.47 Å². The second kappa shape index (κ2) is 16.0. The SMILES string of the molecule is CCNC(=NCC(C)CSc1ccccc1OC)N1CCC(COCCOC)C1.I. The van der Waals surface area contributed by atoms with Crippen LogP contribution in [0.15, 0.2) is 34.2 Å². The number of aliphatic imine (C=N–C) groups is 1. The Morgan fingerprint density at radius 3 is 2.83 bits per heavy atom. The number of thioether (sulfide) groups is 1. The maximum absolute atomic E-state index is 5.71. The van der Waals surface area contributed by atoms with Crippen molar-refractivity contribution in [3.8, 4) is 5.75 Å². The molecule has 2 unspecified atom stereocenters. The number of benzene rings is 1. The Bertz CT molecular complexity index is 621. The summed E-state index contributed by atoms with van der Waals surface area (Å²) in [5.41, 5.74) is 0. The second-order valence-electron chi connectivity index (χ2n) is 7.43. The third kappa shape index (κ3) is 9.62. The lowest BCUT2D eigenvalue weighted by Crippen LogP contribution is -2.40. The molecule has 0 amide bonds. The van der Waals surface area contributed by atoms with Crippen molar-refractivity contribution in [3.05, 3.63) is 24.3 Å². The summed E-state index contributed by atoms with van der Waals surface area (Å²) >= 11 is 1.84. The van der Waals surface area contributed by atoms with E-state index in [4.69, 9.17) is 19.2 Å². The molecule has 1 saturated heterocycles. The van der Waals surface area contributed by atoms with E-state index in [-0.39, 0.29) is 24.0 Å². The van der Waals surface area contributed by atoms with E-state index >= 15 is 0 Å². The Morgan fingerprint density at radius 1 is 1.30 bits per heavy atom. The van der Waals surface area contributed by atoms with Gasteiger partial charge in [-0.05, 0) is 31.4 Å².